The lowest BCUT2D eigenvalue weighted by atomic mass is 9.74. The first-order chi connectivity index (χ1) is 66.1. The number of hydrogen-bond donors (Lipinski definition) is 5. The summed E-state index contributed by atoms with van der Waals surface area (Å²) in [5, 5.41) is 41.8. The summed E-state index contributed by atoms with van der Waals surface area (Å²) in [4.78, 5) is 109. The van der Waals surface area contributed by atoms with E-state index in [1.807, 2.05) is 73.1 Å². The second-order valence-corrected chi connectivity index (χ2v) is 38.9. The Balaban J connectivity index is 0.000000148. The van der Waals surface area contributed by atoms with Crippen molar-refractivity contribution in [3.8, 4) is 57.7 Å². The predicted octanol–water partition coefficient (Wildman–Crippen LogP) is 18.6. The highest BCUT2D eigenvalue weighted by atomic mass is 79.9. The number of nitrogens with zero attached hydrogens (tertiary/aromatic N) is 17. The topological polar surface area (TPSA) is 427 Å². The van der Waals surface area contributed by atoms with Crippen LogP contribution < -0.4 is 28.7 Å². The van der Waals surface area contributed by atoms with Crippen molar-refractivity contribution in [1.29, 1.82) is 21.0 Å². The molecule has 0 spiro atoms. The van der Waals surface area contributed by atoms with Crippen molar-refractivity contribution in [3.63, 3.8) is 0 Å². The van der Waals surface area contributed by atoms with Crippen LogP contribution in [0.25, 0.3) is 33.4 Å². The summed E-state index contributed by atoms with van der Waals surface area (Å²) in [7, 11) is 7.80. The smallest absolute Gasteiger partial charge is 0.270 e. The molecule has 38 heteroatoms. The standard InChI is InChI=1S/2C23H18N6OS.2C20H19BrClF2N3O.C16H15FN4O/c2*1-23(19-8-18(13-31-19)16-5-3-4-14(6-16)9-24)20(21(30)29(2)22(26)28-23)17-7-15(10-25)11-27-12-17;2*1-19(14-10-13(21)8-9-15(14)22)16(17(28)27(3)18(25)26-19)11-4-6-12(7-5-11)20(2,23)24;1-16(14(22)21(2)15(18)20-16)11-5-6-13(17)12(8-11)10-4-3-7-19-9-10/h2*3-8,11-13,20H,1-2H3,(H2,26,28);2*4-10,16H,1-3H3,(H2,25,26);3-9H,1-2H3,(H2,18,20)/t20-,23+;20-,23-;2*16-,19+;/m0100./s1. The highest BCUT2D eigenvalue weighted by Gasteiger charge is 2.54. The predicted molar refractivity (Wildman–Crippen MR) is 536 cm³/mol. The molecule has 1 unspecified atom stereocenters. The Bertz CT molecular complexity index is 6900. The zero-order valence-corrected chi connectivity index (χ0v) is 83.4. The number of hydrogen-bond acceptors (Lipinski definition) is 24. The minimum atomic E-state index is -2.97. The van der Waals surface area contributed by atoms with Crippen LogP contribution in [0.3, 0.4) is 0 Å². The second-order valence-electron chi connectivity index (χ2n) is 34.4. The van der Waals surface area contributed by atoms with E-state index in [0.29, 0.717) is 82.4 Å². The molecule has 0 aliphatic carbocycles. The van der Waals surface area contributed by atoms with E-state index in [2.05, 4.69) is 86.1 Å². The fraction of sp³-hybridized carbons (Fsp3) is 0.225. The number of benzene rings is 7. The maximum absolute atomic E-state index is 14.1. The molecule has 5 amide bonds. The average Bonchev–Trinajstić information content (AvgIpc) is 1.34. The highest BCUT2D eigenvalue weighted by Crippen LogP contribution is 2.53. The minimum absolute atomic E-state index is 0.0662. The van der Waals surface area contributed by atoms with Gasteiger partial charge < -0.3 is 28.7 Å². The first-order valence-corrected chi connectivity index (χ1v) is 46.8. The van der Waals surface area contributed by atoms with Gasteiger partial charge in [-0.15, -0.1) is 22.7 Å². The molecule has 712 valence electrons. The van der Waals surface area contributed by atoms with Crippen LogP contribution in [0.2, 0.25) is 10.0 Å². The number of rotatable bonds is 14. The Morgan fingerprint density at radius 3 is 1.11 bits per heavy atom. The van der Waals surface area contributed by atoms with Gasteiger partial charge in [-0.05, 0) is 199 Å². The number of carbonyl (C=O) groups excluding carboxylic acids is 5. The number of nitrogens with two attached hydrogens (primary N) is 5. The number of thiophene rings is 2. The Kier molecular flexibility index (Phi) is 29.9. The van der Waals surface area contributed by atoms with Crippen LogP contribution in [0.1, 0.15) is 154 Å². The van der Waals surface area contributed by atoms with Gasteiger partial charge in [0.15, 0.2) is 35.3 Å². The van der Waals surface area contributed by atoms with Gasteiger partial charge in [-0.25, -0.2) is 46.9 Å². The van der Waals surface area contributed by atoms with E-state index in [1.165, 1.54) is 128 Å². The second kappa shape index (κ2) is 40.7. The maximum atomic E-state index is 14.1. The molecule has 0 bridgehead atoms. The van der Waals surface area contributed by atoms with Gasteiger partial charge in [0.2, 0.25) is 23.6 Å². The lowest BCUT2D eigenvalue weighted by molar-refractivity contribution is -0.131. The summed E-state index contributed by atoms with van der Waals surface area (Å²) < 4.78 is 70.1. The molecule has 5 aromatic heterocycles. The molecule has 9 atom stereocenters. The molecule has 0 saturated heterocycles. The van der Waals surface area contributed by atoms with Crippen LogP contribution in [0.4, 0.5) is 22.0 Å². The number of carbonyl (C=O) groups is 5. The number of pyridine rings is 3. The van der Waals surface area contributed by atoms with E-state index in [-0.39, 0.29) is 76.3 Å². The third-order valence-corrected chi connectivity index (χ3v) is 28.9. The number of aliphatic imine (C=N–C) groups is 5. The van der Waals surface area contributed by atoms with Gasteiger partial charge in [-0.1, -0.05) is 140 Å². The Hall–Kier alpha value is -14.8. The number of likely N-dealkylation sites (N-methyl/N-ethyl adjacent to an activating group) is 5. The summed E-state index contributed by atoms with van der Waals surface area (Å²) in [5.74, 6) is -9.96. The van der Waals surface area contributed by atoms with Crippen LogP contribution in [-0.2, 0) is 63.5 Å². The van der Waals surface area contributed by atoms with Crippen molar-refractivity contribution in [2.75, 3.05) is 35.2 Å². The van der Waals surface area contributed by atoms with E-state index in [4.69, 9.17) is 61.9 Å². The van der Waals surface area contributed by atoms with Gasteiger partial charge in [0.1, 0.15) is 40.1 Å². The molecule has 5 aliphatic heterocycles. The summed E-state index contributed by atoms with van der Waals surface area (Å²) in [5.41, 5.74) is 35.1. The molecule has 0 fully saturated rings. The quantitative estimate of drug-likeness (QED) is 0.0631. The fourth-order valence-electron chi connectivity index (χ4n) is 17.0. The zero-order chi connectivity index (χ0) is 102. The van der Waals surface area contributed by atoms with Gasteiger partial charge in [-0.3, -0.25) is 63.4 Å². The van der Waals surface area contributed by atoms with E-state index in [0.717, 1.165) is 54.8 Å². The third-order valence-electron chi connectivity index (χ3n) is 25.0. The summed E-state index contributed by atoms with van der Waals surface area (Å²) in [6.07, 6.45) is 9.30. The van der Waals surface area contributed by atoms with Gasteiger partial charge in [-0.2, -0.15) is 21.0 Å². The van der Waals surface area contributed by atoms with Crippen LogP contribution >= 0.6 is 77.7 Å². The fourth-order valence-corrected chi connectivity index (χ4v) is 20.5. The van der Waals surface area contributed by atoms with E-state index in [1.54, 1.807) is 152 Å². The lowest BCUT2D eigenvalue weighted by Gasteiger charge is -2.41. The Morgan fingerprint density at radius 2 is 0.757 bits per heavy atom. The average molecular weight is 2090 g/mol. The van der Waals surface area contributed by atoms with Gasteiger partial charge in [0, 0.05) is 148 Å². The molecule has 27 nitrogen and oxygen atoms in total. The van der Waals surface area contributed by atoms with Gasteiger partial charge in [0.25, 0.3) is 17.8 Å². The third kappa shape index (κ3) is 20.6. The molecular weight excluding hydrogens is 2000 g/mol. The van der Waals surface area contributed by atoms with Crippen molar-refractivity contribution in [2.24, 2.45) is 53.6 Å². The van der Waals surface area contributed by atoms with Crippen LogP contribution in [0.5, 0.6) is 0 Å². The first-order valence-electron chi connectivity index (χ1n) is 42.7. The van der Waals surface area contributed by atoms with Crippen LogP contribution in [0.15, 0.2) is 270 Å². The Morgan fingerprint density at radius 1 is 0.393 bits per heavy atom. The van der Waals surface area contributed by atoms with E-state index in [9.17, 15) is 67.0 Å². The maximum Gasteiger partial charge on any atom is 0.270 e. The van der Waals surface area contributed by atoms with E-state index >= 15 is 0 Å². The van der Waals surface area contributed by atoms with Gasteiger partial charge in [0.05, 0.1) is 58.1 Å². The molecule has 12 aromatic rings. The number of nitriles is 4. The number of amides is 5. The summed E-state index contributed by atoms with van der Waals surface area (Å²) >= 11 is 22.7. The molecule has 140 heavy (non-hydrogen) atoms. The van der Waals surface area contributed by atoms with Gasteiger partial charge >= 0.3 is 0 Å². The molecule has 0 radical (unpaired) electrons. The molecule has 10 heterocycles. The molecule has 7 aromatic carbocycles. The SMILES string of the molecule is CN1C(=O)C(C)(c2ccc(F)c(-c3cccnc3)c2)N=C1N.CN1C(=O)[C@@H](c2cncc(C#N)c2)[C@@](C)(c2cc(-c3cccc(C#N)c3)cs2)N=C1N.CN1C(=O)[C@H](c2ccc(C(C)(F)F)cc2)[C@@](C)(c2cc(Br)ccc2Cl)N=C1N.CN1C(=O)[C@H](c2ccc(C(C)(F)F)cc2)[C@@](C)(c2cc(Br)ccc2Cl)N=C1N.CN1C(=O)[C@H](c2cncc(C#N)c2)[C@@](C)(c2cc(-c3cccc(C#N)c3)cs2)N=C1N. The number of aromatic nitrogens is 3. The number of guanidine groups is 5. The molecule has 5 aliphatic rings. The Labute approximate surface area is 838 Å². The van der Waals surface area contributed by atoms with Crippen molar-refractivity contribution >= 4 is 137 Å². The van der Waals surface area contributed by atoms with Crippen molar-refractivity contribution in [2.45, 2.75) is 112 Å². The highest BCUT2D eigenvalue weighted by molar-refractivity contribution is 9.10. The molecule has 17 rings (SSSR count). The van der Waals surface area contributed by atoms with Crippen LogP contribution in [0, 0.1) is 51.1 Å². The number of halogens is 9. The molecular formula is C102H89Br2Cl2F5N22O5S2. The number of alkyl halides is 4. The minimum Gasteiger partial charge on any atom is -0.369 e. The van der Waals surface area contributed by atoms with Crippen molar-refractivity contribution < 1.29 is 45.9 Å². The normalized spacial score (nSPS) is 21.6. The van der Waals surface area contributed by atoms with E-state index < -0.39 is 63.2 Å². The molecule has 10 N–H and O–H groups in total. The van der Waals surface area contributed by atoms with Crippen molar-refractivity contribution in [3.05, 3.63) is 343 Å². The summed E-state index contributed by atoms with van der Waals surface area (Å²) in [6, 6.07) is 60.5. The molecule has 0 saturated carbocycles. The lowest BCUT2D eigenvalue weighted by Crippen LogP contribution is -2.52. The monoisotopic (exact) mass is 2090 g/mol. The van der Waals surface area contributed by atoms with Crippen molar-refractivity contribution in [1.82, 2.24) is 39.5 Å². The summed E-state index contributed by atoms with van der Waals surface area (Å²) in [6.45, 7) is 10.6. The van der Waals surface area contributed by atoms with Crippen LogP contribution in [-0.4, -0.2) is 134 Å². The first kappa shape index (κ1) is 103. The largest absolute Gasteiger partial charge is 0.369 e. The zero-order valence-electron chi connectivity index (χ0n) is 77.1.